The van der Waals surface area contributed by atoms with Crippen molar-refractivity contribution in [2.24, 2.45) is 0 Å². The molecule has 1 saturated heterocycles. The summed E-state index contributed by atoms with van der Waals surface area (Å²) in [5, 5.41) is 4.00. The summed E-state index contributed by atoms with van der Waals surface area (Å²) >= 11 is 6.26. The smallest absolute Gasteiger partial charge is 0.206 e. The van der Waals surface area contributed by atoms with Crippen molar-refractivity contribution in [1.82, 2.24) is 19.9 Å². The highest BCUT2D eigenvalue weighted by atomic mass is 35.5. The molecule has 0 bridgehead atoms. The van der Waals surface area contributed by atoms with E-state index in [0.29, 0.717) is 5.02 Å². The van der Waals surface area contributed by atoms with E-state index in [1.54, 1.807) is 6.20 Å². The summed E-state index contributed by atoms with van der Waals surface area (Å²) in [6.07, 6.45) is 1.78. The first-order valence-corrected chi connectivity index (χ1v) is 9.42. The van der Waals surface area contributed by atoms with Gasteiger partial charge in [0, 0.05) is 32.4 Å². The van der Waals surface area contributed by atoms with Gasteiger partial charge in [-0.05, 0) is 49.2 Å². The minimum atomic E-state index is 0.691. The van der Waals surface area contributed by atoms with E-state index < -0.39 is 0 Å². The van der Waals surface area contributed by atoms with Gasteiger partial charge in [0.1, 0.15) is 11.6 Å². The largest absolute Gasteiger partial charge is 0.355 e. The van der Waals surface area contributed by atoms with Crippen molar-refractivity contribution in [3.8, 4) is 0 Å². The van der Waals surface area contributed by atoms with E-state index in [-0.39, 0.29) is 0 Å². The second kappa shape index (κ2) is 7.12. The Hall–Kier alpha value is -2.73. The summed E-state index contributed by atoms with van der Waals surface area (Å²) in [5.74, 6) is 2.41. The number of pyridine rings is 1. The summed E-state index contributed by atoms with van der Waals surface area (Å²) in [6.45, 7) is 11.8. The van der Waals surface area contributed by atoms with Gasteiger partial charge in [-0.25, -0.2) is 9.97 Å². The fourth-order valence-electron chi connectivity index (χ4n) is 3.34. The van der Waals surface area contributed by atoms with Crippen molar-refractivity contribution in [3.05, 3.63) is 59.0 Å². The third kappa shape index (κ3) is 3.57. The predicted molar refractivity (Wildman–Crippen MR) is 111 cm³/mol. The highest BCUT2D eigenvalue weighted by Gasteiger charge is 2.21. The van der Waals surface area contributed by atoms with E-state index in [9.17, 15) is 0 Å². The number of nitrogens with zero attached hydrogens (tertiary/aromatic N) is 4. The van der Waals surface area contributed by atoms with E-state index in [0.717, 1.165) is 54.8 Å². The number of anilines is 2. The second-order valence-electron chi connectivity index (χ2n) is 6.89. The van der Waals surface area contributed by atoms with Crippen LogP contribution in [0.1, 0.15) is 11.1 Å². The minimum absolute atomic E-state index is 0.691. The molecule has 0 atom stereocenters. The Morgan fingerprint density at radius 1 is 1.19 bits per heavy atom. The van der Waals surface area contributed by atoms with Crippen LogP contribution < -0.4 is 10.2 Å². The standard InChI is InChI=1S/C20H23ClN6/c1-13-11-17-18(12-14(13)2)25-20(24-17)23-15(3)26-7-9-27(10-8-26)19-16(21)5-4-6-22-19/h4-6,11-12H,3,7-10H2,1-2H3,(H2,23,24,25). The molecule has 0 unspecified atom stereocenters. The highest BCUT2D eigenvalue weighted by molar-refractivity contribution is 6.32. The average Bonchev–Trinajstić information content (AvgIpc) is 3.03. The molecule has 0 radical (unpaired) electrons. The molecule has 0 amide bonds. The van der Waals surface area contributed by atoms with Crippen LogP contribution in [-0.4, -0.2) is 46.0 Å². The van der Waals surface area contributed by atoms with Crippen LogP contribution >= 0.6 is 11.6 Å². The van der Waals surface area contributed by atoms with Crippen LogP contribution in [0.5, 0.6) is 0 Å². The molecule has 0 spiro atoms. The molecule has 140 valence electrons. The molecular formula is C20H23ClN6. The maximum Gasteiger partial charge on any atom is 0.206 e. The quantitative estimate of drug-likeness (QED) is 0.715. The van der Waals surface area contributed by atoms with E-state index in [4.69, 9.17) is 11.6 Å². The maximum absolute atomic E-state index is 6.26. The molecule has 4 rings (SSSR count). The van der Waals surface area contributed by atoms with E-state index in [2.05, 4.69) is 62.6 Å². The van der Waals surface area contributed by atoms with Crippen molar-refractivity contribution in [2.75, 3.05) is 36.4 Å². The third-order valence-corrected chi connectivity index (χ3v) is 5.36. The van der Waals surface area contributed by atoms with Gasteiger partial charge in [-0.1, -0.05) is 18.2 Å². The topological polar surface area (TPSA) is 60.1 Å². The lowest BCUT2D eigenvalue weighted by Crippen LogP contribution is -2.47. The van der Waals surface area contributed by atoms with Crippen LogP contribution in [0.4, 0.5) is 11.8 Å². The van der Waals surface area contributed by atoms with Crippen molar-refractivity contribution >= 4 is 34.4 Å². The summed E-state index contributed by atoms with van der Waals surface area (Å²) in [7, 11) is 0. The Bertz CT molecular complexity index is 948. The normalized spacial score (nSPS) is 14.6. The zero-order valence-corrected chi connectivity index (χ0v) is 16.3. The molecule has 1 fully saturated rings. The molecule has 2 aromatic heterocycles. The summed E-state index contributed by atoms with van der Waals surface area (Å²) < 4.78 is 0. The number of benzene rings is 1. The lowest BCUT2D eigenvalue weighted by atomic mass is 10.1. The van der Waals surface area contributed by atoms with Gasteiger partial charge in [-0.15, -0.1) is 0 Å². The summed E-state index contributed by atoms with van der Waals surface area (Å²) in [6, 6.07) is 7.96. The van der Waals surface area contributed by atoms with Gasteiger partial charge in [-0.3, -0.25) is 0 Å². The molecule has 6 nitrogen and oxygen atoms in total. The minimum Gasteiger partial charge on any atom is -0.355 e. The SMILES string of the molecule is C=C(Nc1nc2cc(C)c(C)cc2[nH]1)N1CCN(c2ncccc2Cl)CC1. The molecule has 1 aliphatic heterocycles. The Morgan fingerprint density at radius 2 is 1.93 bits per heavy atom. The van der Waals surface area contributed by atoms with Gasteiger partial charge < -0.3 is 20.1 Å². The monoisotopic (exact) mass is 382 g/mol. The molecule has 1 aromatic carbocycles. The number of piperazine rings is 1. The number of imidazole rings is 1. The van der Waals surface area contributed by atoms with E-state index in [1.807, 2.05) is 12.1 Å². The van der Waals surface area contributed by atoms with Gasteiger partial charge in [0.25, 0.3) is 0 Å². The molecule has 2 N–H and O–H groups in total. The van der Waals surface area contributed by atoms with Crippen molar-refractivity contribution in [1.29, 1.82) is 0 Å². The van der Waals surface area contributed by atoms with E-state index >= 15 is 0 Å². The fourth-order valence-corrected chi connectivity index (χ4v) is 3.58. The number of hydrogen-bond donors (Lipinski definition) is 2. The molecule has 27 heavy (non-hydrogen) atoms. The van der Waals surface area contributed by atoms with Crippen LogP contribution in [0.3, 0.4) is 0 Å². The Balaban J connectivity index is 1.40. The molecule has 3 aromatic rings. The van der Waals surface area contributed by atoms with Gasteiger partial charge in [0.05, 0.1) is 16.1 Å². The number of H-pyrrole nitrogens is 1. The van der Waals surface area contributed by atoms with Crippen LogP contribution in [0.15, 0.2) is 42.9 Å². The zero-order chi connectivity index (χ0) is 19.0. The lowest BCUT2D eigenvalue weighted by molar-refractivity contribution is 0.324. The van der Waals surface area contributed by atoms with Crippen molar-refractivity contribution in [2.45, 2.75) is 13.8 Å². The Morgan fingerprint density at radius 3 is 2.67 bits per heavy atom. The zero-order valence-electron chi connectivity index (χ0n) is 15.6. The number of aromatic amines is 1. The van der Waals surface area contributed by atoms with E-state index in [1.165, 1.54) is 11.1 Å². The fraction of sp³-hybridized carbons (Fsp3) is 0.300. The molecule has 0 aliphatic carbocycles. The van der Waals surface area contributed by atoms with Gasteiger partial charge >= 0.3 is 0 Å². The number of rotatable bonds is 4. The molecule has 3 heterocycles. The number of nitrogens with one attached hydrogen (secondary N) is 2. The van der Waals surface area contributed by atoms with Gasteiger partial charge in [0.2, 0.25) is 5.95 Å². The number of aromatic nitrogens is 3. The van der Waals surface area contributed by atoms with Crippen LogP contribution in [0, 0.1) is 13.8 Å². The number of fused-ring (bicyclic) bond motifs is 1. The highest BCUT2D eigenvalue weighted by Crippen LogP contribution is 2.24. The summed E-state index contributed by atoms with van der Waals surface area (Å²) in [4.78, 5) is 16.8. The number of halogens is 1. The lowest BCUT2D eigenvalue weighted by Gasteiger charge is -2.37. The Labute approximate surface area is 163 Å². The average molecular weight is 383 g/mol. The number of hydrogen-bond acceptors (Lipinski definition) is 5. The van der Waals surface area contributed by atoms with Crippen molar-refractivity contribution in [3.63, 3.8) is 0 Å². The van der Waals surface area contributed by atoms with Crippen LogP contribution in [0.25, 0.3) is 11.0 Å². The second-order valence-corrected chi connectivity index (χ2v) is 7.30. The first-order valence-electron chi connectivity index (χ1n) is 9.04. The third-order valence-electron chi connectivity index (χ3n) is 5.06. The number of aryl methyl sites for hydroxylation is 2. The van der Waals surface area contributed by atoms with Crippen LogP contribution in [-0.2, 0) is 0 Å². The Kier molecular flexibility index (Phi) is 4.66. The van der Waals surface area contributed by atoms with Crippen LogP contribution in [0.2, 0.25) is 5.02 Å². The molecule has 7 heteroatoms. The van der Waals surface area contributed by atoms with Gasteiger partial charge in [0.15, 0.2) is 0 Å². The maximum atomic E-state index is 6.26. The first kappa shape index (κ1) is 17.7. The van der Waals surface area contributed by atoms with Gasteiger partial charge in [-0.2, -0.15) is 0 Å². The summed E-state index contributed by atoms with van der Waals surface area (Å²) in [5.41, 5.74) is 4.48. The molecular weight excluding hydrogens is 360 g/mol. The van der Waals surface area contributed by atoms with Crippen molar-refractivity contribution < 1.29 is 0 Å². The predicted octanol–water partition coefficient (Wildman–Crippen LogP) is 3.93. The first-order chi connectivity index (χ1) is 13.0. The molecule has 0 saturated carbocycles. The molecule has 1 aliphatic rings.